The number of rotatable bonds is 2. The van der Waals surface area contributed by atoms with Crippen molar-refractivity contribution in [1.29, 1.82) is 0 Å². The Bertz CT molecular complexity index is 113. The Balaban J connectivity index is 2.21. The van der Waals surface area contributed by atoms with Crippen molar-refractivity contribution in [3.05, 3.63) is 0 Å². The highest BCUT2D eigenvalue weighted by Gasteiger charge is 2.20. The molecule has 0 bridgehead atoms. The largest absolute Gasteiger partial charge is 0.381 e. The third-order valence-corrected chi connectivity index (χ3v) is 1.92. The van der Waals surface area contributed by atoms with E-state index < -0.39 is 0 Å². The van der Waals surface area contributed by atoms with Crippen molar-refractivity contribution in [2.45, 2.75) is 12.5 Å². The van der Waals surface area contributed by atoms with Crippen molar-refractivity contribution in [3.63, 3.8) is 0 Å². The van der Waals surface area contributed by atoms with E-state index in [-0.39, 0.29) is 6.10 Å². The lowest BCUT2D eigenvalue weighted by atomic mass is 10.3. The van der Waals surface area contributed by atoms with Crippen molar-refractivity contribution in [1.82, 2.24) is 4.67 Å². The monoisotopic (exact) mass is 164 g/mol. The number of hydrogen-bond acceptors (Lipinski definition) is 4. The SMILES string of the molecule is PN1CC[C@@H](ON=S)C1. The Morgan fingerprint density at radius 3 is 3.00 bits per heavy atom. The number of nitrogens with zero attached hydrogens (tertiary/aromatic N) is 2. The minimum Gasteiger partial charge on any atom is -0.381 e. The second-order valence-electron chi connectivity index (χ2n) is 2.09. The molecule has 0 radical (unpaired) electrons. The van der Waals surface area contributed by atoms with Crippen molar-refractivity contribution in [3.8, 4) is 0 Å². The van der Waals surface area contributed by atoms with Gasteiger partial charge in [0, 0.05) is 19.5 Å². The minimum absolute atomic E-state index is 0.222. The van der Waals surface area contributed by atoms with Crippen molar-refractivity contribution in [2.75, 3.05) is 13.1 Å². The van der Waals surface area contributed by atoms with Gasteiger partial charge in [0.15, 0.2) is 0 Å². The van der Waals surface area contributed by atoms with Gasteiger partial charge in [-0.25, -0.2) is 0 Å². The van der Waals surface area contributed by atoms with Gasteiger partial charge >= 0.3 is 0 Å². The van der Waals surface area contributed by atoms with Gasteiger partial charge in [0.1, 0.15) is 6.10 Å². The molecule has 2 atom stereocenters. The van der Waals surface area contributed by atoms with Crippen LogP contribution in [0, 0.1) is 0 Å². The van der Waals surface area contributed by atoms with Crippen LogP contribution in [0.25, 0.3) is 0 Å². The van der Waals surface area contributed by atoms with E-state index in [1.54, 1.807) is 0 Å². The molecule has 1 rings (SSSR count). The maximum Gasteiger partial charge on any atom is 0.142 e. The Labute approximate surface area is 62.1 Å². The van der Waals surface area contributed by atoms with Crippen LogP contribution >= 0.6 is 9.39 Å². The molecule has 0 aromatic rings. The van der Waals surface area contributed by atoms with Crippen LogP contribution in [0.1, 0.15) is 6.42 Å². The Hall–Kier alpha value is 0.210. The maximum absolute atomic E-state index is 4.86. The van der Waals surface area contributed by atoms with E-state index in [2.05, 4.69) is 31.0 Å². The molecule has 1 aliphatic heterocycles. The molecule has 9 heavy (non-hydrogen) atoms. The van der Waals surface area contributed by atoms with Crippen molar-refractivity contribution < 1.29 is 4.84 Å². The summed E-state index contributed by atoms with van der Waals surface area (Å²) in [5.74, 6) is 0. The maximum atomic E-state index is 4.86. The van der Waals surface area contributed by atoms with Crippen molar-refractivity contribution >= 4 is 21.8 Å². The van der Waals surface area contributed by atoms with Gasteiger partial charge in [-0.1, -0.05) is 9.39 Å². The van der Waals surface area contributed by atoms with Gasteiger partial charge in [0.25, 0.3) is 0 Å². The molecular weight excluding hydrogens is 155 g/mol. The first-order valence-corrected chi connectivity index (χ1v) is 3.69. The van der Waals surface area contributed by atoms with Gasteiger partial charge in [0.05, 0.1) is 12.4 Å². The molecule has 0 N–H and O–H groups in total. The van der Waals surface area contributed by atoms with Crippen LogP contribution in [0.4, 0.5) is 0 Å². The van der Waals surface area contributed by atoms with Gasteiger partial charge in [-0.3, -0.25) is 4.67 Å². The van der Waals surface area contributed by atoms with E-state index in [0.29, 0.717) is 0 Å². The molecule has 0 aromatic heterocycles. The third-order valence-electron chi connectivity index (χ3n) is 1.37. The van der Waals surface area contributed by atoms with Crippen LogP contribution in [0.2, 0.25) is 0 Å². The molecule has 0 saturated carbocycles. The van der Waals surface area contributed by atoms with Gasteiger partial charge in [-0.15, -0.1) is 0 Å². The normalized spacial score (nSPS) is 28.3. The molecule has 0 spiro atoms. The first-order valence-electron chi connectivity index (χ1n) is 2.81. The van der Waals surface area contributed by atoms with Crippen LogP contribution in [-0.2, 0) is 17.3 Å². The zero-order chi connectivity index (χ0) is 6.69. The Morgan fingerprint density at radius 2 is 2.56 bits per heavy atom. The van der Waals surface area contributed by atoms with Gasteiger partial charge in [-0.2, -0.15) is 0 Å². The number of hydrogen-bond donors (Lipinski definition) is 0. The predicted octanol–water partition coefficient (Wildman–Crippen LogP) is 0.513. The molecule has 1 aliphatic rings. The fraction of sp³-hybridized carbons (Fsp3) is 1.00. The fourth-order valence-electron chi connectivity index (χ4n) is 0.901. The molecule has 1 saturated heterocycles. The molecule has 0 aliphatic carbocycles. The van der Waals surface area contributed by atoms with Crippen LogP contribution in [-0.4, -0.2) is 23.9 Å². The van der Waals surface area contributed by atoms with E-state index in [9.17, 15) is 0 Å². The summed E-state index contributed by atoms with van der Waals surface area (Å²) in [5, 5.41) is 0. The first kappa shape index (κ1) is 7.32. The average molecular weight is 164 g/mol. The van der Waals surface area contributed by atoms with E-state index in [1.807, 2.05) is 0 Å². The zero-order valence-corrected chi connectivity index (χ0v) is 6.96. The van der Waals surface area contributed by atoms with Crippen LogP contribution in [0.3, 0.4) is 0 Å². The average Bonchev–Trinajstić information content (AvgIpc) is 2.17. The summed E-state index contributed by atoms with van der Waals surface area (Å²) in [6.45, 7) is 1.98. The van der Waals surface area contributed by atoms with E-state index in [4.69, 9.17) is 4.84 Å². The fourth-order valence-corrected chi connectivity index (χ4v) is 1.41. The molecule has 1 heterocycles. The summed E-state index contributed by atoms with van der Waals surface area (Å²) in [4.78, 5) is 4.86. The van der Waals surface area contributed by atoms with Crippen molar-refractivity contribution in [2.24, 2.45) is 4.53 Å². The molecule has 0 amide bonds. The lowest BCUT2D eigenvalue weighted by molar-refractivity contribution is 0.0762. The summed E-state index contributed by atoms with van der Waals surface area (Å²) < 4.78 is 5.32. The highest BCUT2D eigenvalue weighted by molar-refractivity contribution is 7.47. The minimum atomic E-state index is 0.222. The summed E-state index contributed by atoms with van der Waals surface area (Å²) >= 11 is 4.30. The van der Waals surface area contributed by atoms with Gasteiger partial charge in [0.2, 0.25) is 0 Å². The molecule has 0 aromatic carbocycles. The van der Waals surface area contributed by atoms with Crippen LogP contribution in [0.5, 0.6) is 0 Å². The highest BCUT2D eigenvalue weighted by Crippen LogP contribution is 2.15. The second-order valence-corrected chi connectivity index (χ2v) is 2.96. The summed E-state index contributed by atoms with van der Waals surface area (Å²) in [7, 11) is 2.62. The standard InChI is InChI=1S/C4H9N2OPS/c8-6-2-1-4(3-6)7-5-9/h4H,1-3,8H2/t4-/m1/s1. The summed E-state index contributed by atoms with van der Waals surface area (Å²) in [6, 6.07) is 0. The Kier molecular flexibility index (Phi) is 2.76. The molecular formula is C4H9N2OPS. The smallest absolute Gasteiger partial charge is 0.142 e. The first-order chi connectivity index (χ1) is 4.33. The molecule has 1 fully saturated rings. The molecule has 52 valence electrons. The van der Waals surface area contributed by atoms with E-state index in [1.165, 1.54) is 0 Å². The van der Waals surface area contributed by atoms with Crippen LogP contribution in [0.15, 0.2) is 4.53 Å². The van der Waals surface area contributed by atoms with E-state index >= 15 is 0 Å². The lowest BCUT2D eigenvalue weighted by Gasteiger charge is -2.05. The lowest BCUT2D eigenvalue weighted by Crippen LogP contribution is -2.12. The quantitative estimate of drug-likeness (QED) is 0.439. The summed E-state index contributed by atoms with van der Waals surface area (Å²) in [6.07, 6.45) is 1.25. The zero-order valence-electron chi connectivity index (χ0n) is 4.99. The molecule has 5 heteroatoms. The third kappa shape index (κ3) is 2.12. The van der Waals surface area contributed by atoms with Gasteiger partial charge < -0.3 is 4.84 Å². The van der Waals surface area contributed by atoms with E-state index in [0.717, 1.165) is 19.5 Å². The van der Waals surface area contributed by atoms with Gasteiger partial charge in [-0.05, 0) is 4.53 Å². The molecule has 3 nitrogen and oxygen atoms in total. The van der Waals surface area contributed by atoms with Crippen LogP contribution < -0.4 is 0 Å². The second kappa shape index (κ2) is 3.40. The predicted molar refractivity (Wildman–Crippen MR) is 40.6 cm³/mol. The highest BCUT2D eigenvalue weighted by atomic mass is 32.1. The molecule has 1 unspecified atom stereocenters. The topological polar surface area (TPSA) is 24.8 Å². The summed E-state index contributed by atoms with van der Waals surface area (Å²) in [5.41, 5.74) is 0. The Morgan fingerprint density at radius 1 is 1.78 bits per heavy atom.